The summed E-state index contributed by atoms with van der Waals surface area (Å²) in [4.78, 5) is 29.2. The van der Waals surface area contributed by atoms with Crippen LogP contribution in [-0.2, 0) is 23.1 Å². The fourth-order valence-electron chi connectivity index (χ4n) is 2.95. The molecule has 8 heteroatoms. The van der Waals surface area contributed by atoms with Gasteiger partial charge in [0.25, 0.3) is 5.91 Å². The van der Waals surface area contributed by atoms with E-state index < -0.39 is 0 Å². The molecule has 2 aromatic rings. The molecule has 0 unspecified atom stereocenters. The second-order valence-electron chi connectivity index (χ2n) is 6.12. The largest absolute Gasteiger partial charge is 0.273 e. The topological polar surface area (TPSA) is 71.3 Å². The Bertz CT molecular complexity index is 847. The zero-order chi connectivity index (χ0) is 18.7. The van der Waals surface area contributed by atoms with Gasteiger partial charge in [-0.1, -0.05) is 17.7 Å². The number of halogens is 1. The van der Waals surface area contributed by atoms with Gasteiger partial charge in [-0.05, 0) is 31.1 Å². The number of aryl methyl sites for hydroxylation is 2. The van der Waals surface area contributed by atoms with Crippen molar-refractivity contribution in [1.82, 2.24) is 24.8 Å². The summed E-state index contributed by atoms with van der Waals surface area (Å²) in [5, 5.41) is 7.68. The van der Waals surface area contributed by atoms with Crippen LogP contribution in [0.25, 0.3) is 6.08 Å². The Labute approximate surface area is 156 Å². The second-order valence-corrected chi connectivity index (χ2v) is 6.47. The van der Waals surface area contributed by atoms with Gasteiger partial charge in [-0.3, -0.25) is 24.3 Å². The molecule has 1 saturated heterocycles. The molecule has 1 aliphatic heterocycles. The molecule has 0 atom stereocenters. The molecular formula is C18H20ClN5O2. The van der Waals surface area contributed by atoms with E-state index in [1.807, 2.05) is 13.0 Å². The molecule has 0 aliphatic carbocycles. The molecule has 26 heavy (non-hydrogen) atoms. The van der Waals surface area contributed by atoms with E-state index in [0.717, 1.165) is 17.7 Å². The van der Waals surface area contributed by atoms with E-state index in [-0.39, 0.29) is 18.2 Å². The van der Waals surface area contributed by atoms with Crippen molar-refractivity contribution in [3.8, 4) is 0 Å². The fraction of sp³-hybridized carbons (Fsp3) is 0.333. The highest BCUT2D eigenvalue weighted by molar-refractivity contribution is 6.31. The highest BCUT2D eigenvalue weighted by Crippen LogP contribution is 2.21. The molecule has 2 aromatic heterocycles. The van der Waals surface area contributed by atoms with E-state index in [9.17, 15) is 9.59 Å². The number of hydrazine groups is 1. The standard InChI is InChI=1S/C18H20ClN5O2/c1-13-15(18(19)22(2)21-13)6-7-16(25)23-9-4-10-24(23)17(26)11-14-5-3-8-20-12-14/h3,5-8,12H,4,9-11H2,1-2H3/b7-6+. The lowest BCUT2D eigenvalue weighted by Crippen LogP contribution is -2.44. The minimum atomic E-state index is -0.249. The normalized spacial score (nSPS) is 14.4. The number of pyridine rings is 1. The monoisotopic (exact) mass is 373 g/mol. The van der Waals surface area contributed by atoms with Crippen molar-refractivity contribution in [3.63, 3.8) is 0 Å². The zero-order valence-corrected chi connectivity index (χ0v) is 15.5. The number of carbonyl (C=O) groups is 2. The van der Waals surface area contributed by atoms with Crippen LogP contribution in [0.5, 0.6) is 0 Å². The predicted molar refractivity (Wildman–Crippen MR) is 98.0 cm³/mol. The molecular weight excluding hydrogens is 354 g/mol. The van der Waals surface area contributed by atoms with Gasteiger partial charge in [0.1, 0.15) is 5.15 Å². The van der Waals surface area contributed by atoms with E-state index in [1.165, 1.54) is 16.1 Å². The van der Waals surface area contributed by atoms with Crippen molar-refractivity contribution in [2.45, 2.75) is 19.8 Å². The fourth-order valence-corrected chi connectivity index (χ4v) is 3.18. The number of amides is 2. The van der Waals surface area contributed by atoms with Gasteiger partial charge in [0.05, 0.1) is 12.1 Å². The predicted octanol–water partition coefficient (Wildman–Crippen LogP) is 2.01. The van der Waals surface area contributed by atoms with Crippen molar-refractivity contribution >= 4 is 29.5 Å². The van der Waals surface area contributed by atoms with Crippen LogP contribution in [0.3, 0.4) is 0 Å². The minimum Gasteiger partial charge on any atom is -0.273 e. The van der Waals surface area contributed by atoms with Crippen LogP contribution in [0.1, 0.15) is 23.2 Å². The van der Waals surface area contributed by atoms with Gasteiger partial charge in [0.15, 0.2) is 0 Å². The quantitative estimate of drug-likeness (QED) is 0.768. The molecule has 136 valence electrons. The number of carbonyl (C=O) groups excluding carboxylic acids is 2. The van der Waals surface area contributed by atoms with E-state index >= 15 is 0 Å². The molecule has 0 bridgehead atoms. The van der Waals surface area contributed by atoms with Gasteiger partial charge in [0.2, 0.25) is 5.91 Å². The SMILES string of the molecule is Cc1nn(C)c(Cl)c1/C=C/C(=O)N1CCCN1C(=O)Cc1cccnc1. The van der Waals surface area contributed by atoms with Gasteiger partial charge in [-0.25, -0.2) is 5.01 Å². The van der Waals surface area contributed by atoms with Crippen molar-refractivity contribution < 1.29 is 9.59 Å². The van der Waals surface area contributed by atoms with Gasteiger partial charge < -0.3 is 0 Å². The molecule has 0 aromatic carbocycles. The molecule has 1 aliphatic rings. The third-order valence-electron chi connectivity index (χ3n) is 4.24. The van der Waals surface area contributed by atoms with Crippen LogP contribution in [0.2, 0.25) is 5.15 Å². The van der Waals surface area contributed by atoms with Crippen LogP contribution in [0, 0.1) is 6.92 Å². The Morgan fingerprint density at radius 2 is 2.08 bits per heavy atom. The Morgan fingerprint density at radius 1 is 1.31 bits per heavy atom. The molecule has 1 fully saturated rings. The summed E-state index contributed by atoms with van der Waals surface area (Å²) in [6.07, 6.45) is 7.38. The minimum absolute atomic E-state index is 0.118. The molecule has 0 radical (unpaired) electrons. The highest BCUT2D eigenvalue weighted by atomic mass is 35.5. The number of aromatic nitrogens is 3. The van der Waals surface area contributed by atoms with E-state index in [1.54, 1.807) is 36.3 Å². The summed E-state index contributed by atoms with van der Waals surface area (Å²) in [5.74, 6) is -0.366. The molecule has 3 heterocycles. The lowest BCUT2D eigenvalue weighted by molar-refractivity contribution is -0.154. The van der Waals surface area contributed by atoms with Crippen molar-refractivity contribution in [1.29, 1.82) is 0 Å². The summed E-state index contributed by atoms with van der Waals surface area (Å²) < 4.78 is 1.56. The maximum atomic E-state index is 12.6. The lowest BCUT2D eigenvalue weighted by Gasteiger charge is -2.27. The second kappa shape index (κ2) is 7.70. The summed E-state index contributed by atoms with van der Waals surface area (Å²) in [6, 6.07) is 3.64. The van der Waals surface area contributed by atoms with Crippen LogP contribution >= 0.6 is 11.6 Å². The van der Waals surface area contributed by atoms with E-state index in [2.05, 4.69) is 10.1 Å². The number of rotatable bonds is 4. The molecule has 2 amide bonds. The number of hydrogen-bond donors (Lipinski definition) is 0. The number of nitrogens with zero attached hydrogens (tertiary/aromatic N) is 5. The third-order valence-corrected chi connectivity index (χ3v) is 4.69. The Hall–Kier alpha value is -2.67. The molecule has 3 rings (SSSR count). The van der Waals surface area contributed by atoms with Crippen LogP contribution in [0.4, 0.5) is 0 Å². The smallest absolute Gasteiger partial charge is 0.265 e. The van der Waals surface area contributed by atoms with Gasteiger partial charge >= 0.3 is 0 Å². The van der Waals surface area contributed by atoms with Gasteiger partial charge in [-0.15, -0.1) is 0 Å². The van der Waals surface area contributed by atoms with E-state index in [4.69, 9.17) is 11.6 Å². The summed E-state index contributed by atoms with van der Waals surface area (Å²) in [5.41, 5.74) is 2.27. The van der Waals surface area contributed by atoms with Crippen molar-refractivity contribution in [2.75, 3.05) is 13.1 Å². The first-order valence-corrected chi connectivity index (χ1v) is 8.73. The third kappa shape index (κ3) is 3.77. The van der Waals surface area contributed by atoms with Crippen LogP contribution in [0.15, 0.2) is 30.6 Å². The first kappa shape index (κ1) is 18.1. The van der Waals surface area contributed by atoms with Gasteiger partial charge in [0, 0.05) is 44.2 Å². The zero-order valence-electron chi connectivity index (χ0n) is 14.7. The first-order chi connectivity index (χ1) is 12.5. The van der Waals surface area contributed by atoms with Crippen LogP contribution < -0.4 is 0 Å². The average molecular weight is 374 g/mol. The highest BCUT2D eigenvalue weighted by Gasteiger charge is 2.29. The first-order valence-electron chi connectivity index (χ1n) is 8.35. The Balaban J connectivity index is 1.70. The Kier molecular flexibility index (Phi) is 5.37. The molecule has 7 nitrogen and oxygen atoms in total. The molecule has 0 spiro atoms. The van der Waals surface area contributed by atoms with Gasteiger partial charge in [-0.2, -0.15) is 5.10 Å². The summed E-state index contributed by atoms with van der Waals surface area (Å²) in [6.45, 7) is 2.88. The van der Waals surface area contributed by atoms with Crippen molar-refractivity contribution in [2.24, 2.45) is 7.05 Å². The summed E-state index contributed by atoms with van der Waals surface area (Å²) >= 11 is 6.18. The summed E-state index contributed by atoms with van der Waals surface area (Å²) in [7, 11) is 1.74. The lowest BCUT2D eigenvalue weighted by atomic mass is 10.2. The van der Waals surface area contributed by atoms with E-state index in [0.29, 0.717) is 23.8 Å². The van der Waals surface area contributed by atoms with Crippen LogP contribution in [-0.4, -0.2) is 49.7 Å². The Morgan fingerprint density at radius 3 is 2.73 bits per heavy atom. The maximum absolute atomic E-state index is 12.6. The van der Waals surface area contributed by atoms with Crippen molar-refractivity contribution in [3.05, 3.63) is 52.6 Å². The number of hydrogen-bond acceptors (Lipinski definition) is 4. The molecule has 0 N–H and O–H groups in total. The average Bonchev–Trinajstić information content (AvgIpc) is 3.20. The maximum Gasteiger partial charge on any atom is 0.265 e. The molecule has 0 saturated carbocycles.